The van der Waals surface area contributed by atoms with Gasteiger partial charge in [0.1, 0.15) is 0 Å². The number of hydrogen-bond donors (Lipinski definition) is 0. The van der Waals surface area contributed by atoms with Crippen molar-refractivity contribution in [1.29, 1.82) is 5.26 Å². The predicted octanol–water partition coefficient (Wildman–Crippen LogP) is 9.73. The van der Waals surface area contributed by atoms with Crippen LogP contribution in [0.5, 0.6) is 0 Å². The Labute approximate surface area is 235 Å². The molecule has 6 rings (SSSR count). The molecule has 6 aromatic rings. The number of halogens is 6. The summed E-state index contributed by atoms with van der Waals surface area (Å²) in [4.78, 5) is 4.04. The van der Waals surface area contributed by atoms with E-state index in [-0.39, 0.29) is 17.2 Å². The molecule has 0 saturated carbocycles. The van der Waals surface area contributed by atoms with E-state index in [4.69, 9.17) is 0 Å². The average molecular weight is 572 g/mol. The van der Waals surface area contributed by atoms with Gasteiger partial charge in [-0.3, -0.25) is 4.98 Å². The van der Waals surface area contributed by atoms with E-state index in [0.29, 0.717) is 16.5 Å². The minimum Gasteiger partial charge on any atom is -0.309 e. The molecule has 0 spiro atoms. The van der Waals surface area contributed by atoms with Crippen molar-refractivity contribution in [2.24, 2.45) is 0 Å². The number of hydrogen-bond acceptors (Lipinski definition) is 2. The first kappa shape index (κ1) is 27.1. The van der Waals surface area contributed by atoms with Crippen LogP contribution in [0.4, 0.5) is 26.3 Å². The van der Waals surface area contributed by atoms with Crippen molar-refractivity contribution in [2.45, 2.75) is 19.3 Å². The summed E-state index contributed by atoms with van der Waals surface area (Å²) in [5.41, 5.74) is 2.34. The Balaban J connectivity index is 1.59. The molecule has 0 aliphatic carbocycles. The lowest BCUT2D eigenvalue weighted by Gasteiger charge is -2.15. The third kappa shape index (κ3) is 4.65. The number of benzene rings is 4. The van der Waals surface area contributed by atoms with E-state index in [0.717, 1.165) is 45.4 Å². The summed E-state index contributed by atoms with van der Waals surface area (Å²) in [6.45, 7) is 1.91. The molecule has 0 aliphatic rings. The number of fused-ring (bicyclic) bond motifs is 3. The normalized spacial score (nSPS) is 12.1. The van der Waals surface area contributed by atoms with Crippen molar-refractivity contribution in [1.82, 2.24) is 9.55 Å². The minimum atomic E-state index is -4.95. The molecule has 0 radical (unpaired) electrons. The quantitative estimate of drug-likeness (QED) is 0.199. The lowest BCUT2D eigenvalue weighted by molar-refractivity contribution is -0.143. The van der Waals surface area contributed by atoms with Crippen LogP contribution in [0.15, 0.2) is 97.3 Å². The average Bonchev–Trinajstić information content (AvgIpc) is 3.30. The molecule has 0 amide bonds. The van der Waals surface area contributed by atoms with Gasteiger partial charge in [0.2, 0.25) is 0 Å². The van der Waals surface area contributed by atoms with E-state index in [2.05, 4.69) is 11.1 Å². The van der Waals surface area contributed by atoms with E-state index in [1.165, 1.54) is 6.07 Å². The molecule has 0 bridgehead atoms. The van der Waals surface area contributed by atoms with Crippen LogP contribution >= 0.6 is 0 Å². The topological polar surface area (TPSA) is 41.6 Å². The van der Waals surface area contributed by atoms with Crippen molar-refractivity contribution in [3.05, 3.63) is 120 Å². The van der Waals surface area contributed by atoms with Gasteiger partial charge in [-0.05, 0) is 95.4 Å². The first-order valence-electron chi connectivity index (χ1n) is 12.7. The second-order valence-corrected chi connectivity index (χ2v) is 9.91. The van der Waals surface area contributed by atoms with E-state index in [1.807, 2.05) is 54.0 Å². The summed E-state index contributed by atoms with van der Waals surface area (Å²) in [6.07, 6.45) is -6.61. The van der Waals surface area contributed by atoms with Crippen molar-refractivity contribution in [2.75, 3.05) is 0 Å². The molecule has 2 aromatic heterocycles. The highest BCUT2D eigenvalue weighted by atomic mass is 19.4. The second kappa shape index (κ2) is 9.77. The zero-order chi connectivity index (χ0) is 29.8. The number of nitrogens with zero attached hydrogens (tertiary/aromatic N) is 3. The molecule has 2 heterocycles. The van der Waals surface area contributed by atoms with Crippen molar-refractivity contribution in [3.8, 4) is 34.0 Å². The number of nitriles is 1. The predicted molar refractivity (Wildman–Crippen MR) is 149 cm³/mol. The number of pyridine rings is 1. The van der Waals surface area contributed by atoms with Gasteiger partial charge in [-0.2, -0.15) is 31.6 Å². The second-order valence-electron chi connectivity index (χ2n) is 9.91. The van der Waals surface area contributed by atoms with E-state index in [9.17, 15) is 31.6 Å². The smallest absolute Gasteiger partial charge is 0.309 e. The molecule has 3 nitrogen and oxygen atoms in total. The molecule has 0 fully saturated rings. The summed E-state index contributed by atoms with van der Waals surface area (Å²) in [6, 6.07) is 23.4. The molecule has 0 saturated heterocycles. The molecule has 208 valence electrons. The minimum absolute atomic E-state index is 0.124. The lowest BCUT2D eigenvalue weighted by atomic mass is 9.97. The zero-order valence-electron chi connectivity index (χ0n) is 21.8. The Morgan fingerprint density at radius 2 is 1.31 bits per heavy atom. The molecule has 0 unspecified atom stereocenters. The maximum Gasteiger partial charge on any atom is 0.416 e. The van der Waals surface area contributed by atoms with Gasteiger partial charge >= 0.3 is 12.4 Å². The largest absolute Gasteiger partial charge is 0.416 e. The van der Waals surface area contributed by atoms with Gasteiger partial charge in [0.15, 0.2) is 0 Å². The Bertz CT molecular complexity index is 2000. The number of alkyl halides is 6. The van der Waals surface area contributed by atoms with Crippen LogP contribution < -0.4 is 0 Å². The Morgan fingerprint density at radius 1 is 0.667 bits per heavy atom. The fourth-order valence-corrected chi connectivity index (χ4v) is 5.33. The van der Waals surface area contributed by atoms with Gasteiger partial charge in [-0.15, -0.1) is 0 Å². The van der Waals surface area contributed by atoms with E-state index in [1.54, 1.807) is 30.6 Å². The molecular weight excluding hydrogens is 552 g/mol. The fraction of sp³-hybridized carbons (Fsp3) is 0.0909. The number of para-hydroxylation sites is 1. The third-order valence-electron chi connectivity index (χ3n) is 7.28. The molecular formula is C33H19F6N3. The molecule has 0 N–H and O–H groups in total. The number of aromatic nitrogens is 2. The monoisotopic (exact) mass is 571 g/mol. The van der Waals surface area contributed by atoms with Gasteiger partial charge in [0.25, 0.3) is 0 Å². The van der Waals surface area contributed by atoms with Crippen molar-refractivity contribution < 1.29 is 26.3 Å². The van der Waals surface area contributed by atoms with Crippen LogP contribution in [-0.4, -0.2) is 9.55 Å². The van der Waals surface area contributed by atoms with Crippen LogP contribution in [0.25, 0.3) is 49.7 Å². The maximum atomic E-state index is 13.5. The SMILES string of the molecule is Cc1cc(-c2ccncc2)c(C#N)cc1-n1c2ccccc2c2cc(-c3cc(C(F)(F)F)cc(C(F)(F)F)c3)ccc21. The Hall–Kier alpha value is -5.10. The highest BCUT2D eigenvalue weighted by molar-refractivity contribution is 6.10. The summed E-state index contributed by atoms with van der Waals surface area (Å²) >= 11 is 0. The number of rotatable bonds is 3. The van der Waals surface area contributed by atoms with Crippen molar-refractivity contribution in [3.63, 3.8) is 0 Å². The van der Waals surface area contributed by atoms with Crippen molar-refractivity contribution >= 4 is 21.8 Å². The van der Waals surface area contributed by atoms with Gasteiger partial charge < -0.3 is 4.57 Å². The Kier molecular flexibility index (Phi) is 6.30. The molecule has 9 heteroatoms. The summed E-state index contributed by atoms with van der Waals surface area (Å²) in [5, 5.41) is 11.4. The van der Waals surface area contributed by atoms with Crippen LogP contribution in [-0.2, 0) is 12.4 Å². The first-order chi connectivity index (χ1) is 20.0. The zero-order valence-corrected chi connectivity index (χ0v) is 21.8. The standard InChI is InChI=1S/C33H19F6N3/c1-19-12-27(20-8-10-41-11-9-20)23(18-40)16-31(19)42-29-5-3-2-4-26(29)28-15-21(6-7-30(28)42)22-13-24(32(34,35)36)17-25(14-22)33(37,38)39/h2-17H,1H3. The highest BCUT2D eigenvalue weighted by Gasteiger charge is 2.37. The maximum absolute atomic E-state index is 13.5. The van der Waals surface area contributed by atoms with Crippen LogP contribution in [0.2, 0.25) is 0 Å². The number of aryl methyl sites for hydroxylation is 1. The lowest BCUT2D eigenvalue weighted by Crippen LogP contribution is -2.11. The molecule has 0 atom stereocenters. The summed E-state index contributed by atoms with van der Waals surface area (Å²) in [5.74, 6) is 0. The molecule has 4 aromatic carbocycles. The van der Waals surface area contributed by atoms with Crippen LogP contribution in [0.3, 0.4) is 0 Å². The highest BCUT2D eigenvalue weighted by Crippen LogP contribution is 2.41. The third-order valence-corrected chi connectivity index (χ3v) is 7.28. The fourth-order valence-electron chi connectivity index (χ4n) is 5.33. The van der Waals surface area contributed by atoms with E-state index < -0.39 is 23.5 Å². The van der Waals surface area contributed by atoms with Gasteiger partial charge in [-0.1, -0.05) is 24.3 Å². The first-order valence-corrected chi connectivity index (χ1v) is 12.7. The van der Waals surface area contributed by atoms with Gasteiger partial charge in [0.05, 0.1) is 39.5 Å². The molecule has 0 aliphatic heterocycles. The summed E-state index contributed by atoms with van der Waals surface area (Å²) < 4.78 is 83.2. The summed E-state index contributed by atoms with van der Waals surface area (Å²) in [7, 11) is 0. The molecule has 42 heavy (non-hydrogen) atoms. The van der Waals surface area contributed by atoms with Crippen LogP contribution in [0.1, 0.15) is 22.3 Å². The van der Waals surface area contributed by atoms with E-state index >= 15 is 0 Å². The van der Waals surface area contributed by atoms with Gasteiger partial charge in [0, 0.05) is 23.2 Å². The Morgan fingerprint density at radius 3 is 1.95 bits per heavy atom. The van der Waals surface area contributed by atoms with Crippen LogP contribution in [0, 0.1) is 18.3 Å². The van der Waals surface area contributed by atoms with Gasteiger partial charge in [-0.25, -0.2) is 0 Å².